The Kier molecular flexibility index (Phi) is 10.5. The molecule has 0 aliphatic heterocycles. The summed E-state index contributed by atoms with van der Waals surface area (Å²) in [6.45, 7) is 5.95. The maximum atomic E-state index is 14.3. The number of carbonyl (C=O) groups excluding carboxylic acids is 1. The summed E-state index contributed by atoms with van der Waals surface area (Å²) in [5, 5.41) is 9.53. The summed E-state index contributed by atoms with van der Waals surface area (Å²) in [6.07, 6.45) is 3.41. The summed E-state index contributed by atoms with van der Waals surface area (Å²) in [7, 11) is 0. The lowest BCUT2D eigenvalue weighted by molar-refractivity contribution is -0.154. The largest absolute Gasteiger partial charge is 0.478 e. The molecule has 8 heteroatoms. The Morgan fingerprint density at radius 1 is 1.09 bits per heavy atom. The first-order valence-corrected chi connectivity index (χ1v) is 12.1. The molecule has 2 atom stereocenters. The molecule has 0 fully saturated rings. The lowest BCUT2D eigenvalue weighted by Gasteiger charge is -2.27. The zero-order valence-corrected chi connectivity index (χ0v) is 20.7. The van der Waals surface area contributed by atoms with Crippen molar-refractivity contribution < 1.29 is 28.2 Å². The van der Waals surface area contributed by atoms with Crippen LogP contribution >= 0.6 is 0 Å². The number of carboxylic acids is 1. The van der Waals surface area contributed by atoms with Crippen LogP contribution in [0.15, 0.2) is 42.5 Å². The summed E-state index contributed by atoms with van der Waals surface area (Å²) in [4.78, 5) is 25.2. The molecule has 35 heavy (non-hydrogen) atoms. The molecule has 0 saturated carbocycles. The summed E-state index contributed by atoms with van der Waals surface area (Å²) in [5.41, 5.74) is 5.37. The Bertz CT molecular complexity index is 1000. The maximum Gasteiger partial charge on any atom is 0.347 e. The number of benzene rings is 2. The molecule has 0 bridgehead atoms. The van der Waals surface area contributed by atoms with Crippen LogP contribution < -0.4 is 10.5 Å². The highest BCUT2D eigenvalue weighted by atomic mass is 19.2. The Morgan fingerprint density at radius 2 is 1.80 bits per heavy atom. The van der Waals surface area contributed by atoms with E-state index in [1.807, 2.05) is 19.1 Å². The number of urea groups is 1. The summed E-state index contributed by atoms with van der Waals surface area (Å²) in [6, 6.07) is 10.8. The van der Waals surface area contributed by atoms with Crippen LogP contribution in [0.4, 0.5) is 13.6 Å². The van der Waals surface area contributed by atoms with Crippen molar-refractivity contribution in [1.82, 2.24) is 4.90 Å². The first kappa shape index (κ1) is 28.1. The molecular formula is C27H36F2N2O4. The second-order valence-corrected chi connectivity index (χ2v) is 8.95. The second kappa shape index (κ2) is 13.1. The fourth-order valence-corrected chi connectivity index (χ4v) is 4.08. The number of amides is 2. The van der Waals surface area contributed by atoms with Gasteiger partial charge in [0.05, 0.1) is 0 Å². The number of hydrogen-bond donors (Lipinski definition) is 2. The van der Waals surface area contributed by atoms with Gasteiger partial charge in [0, 0.05) is 13.1 Å². The maximum absolute atomic E-state index is 14.3. The Labute approximate surface area is 206 Å². The highest BCUT2D eigenvalue weighted by Gasteiger charge is 2.34. The molecule has 2 aromatic rings. The average Bonchev–Trinajstić information content (AvgIpc) is 2.82. The second-order valence-electron chi connectivity index (χ2n) is 8.95. The van der Waals surface area contributed by atoms with Crippen molar-refractivity contribution in [2.45, 2.75) is 70.8 Å². The normalized spacial score (nSPS) is 13.6. The Hall–Kier alpha value is -3.16. The highest BCUT2D eigenvalue weighted by Crippen LogP contribution is 2.30. The molecule has 0 saturated heterocycles. The van der Waals surface area contributed by atoms with E-state index in [1.54, 1.807) is 25.1 Å². The van der Waals surface area contributed by atoms with Crippen LogP contribution in [-0.4, -0.2) is 40.7 Å². The van der Waals surface area contributed by atoms with Crippen LogP contribution in [0.2, 0.25) is 0 Å². The standard InChI is InChI=1S/C27H36F2N2O4/c1-4-10-19(21-13-8-14-22(28)24(21)29)12-9-17-31(26(30)34)18-16-20-11-6-7-15-23(20)35-27(3,5-2)25(32)33/h6-8,11,13-15,19H,4-5,9-10,12,16-18H2,1-3H3,(H2,30,34)(H,32,33). The van der Waals surface area contributed by atoms with Crippen molar-refractivity contribution in [3.8, 4) is 5.75 Å². The number of aliphatic carboxylic acids is 1. The average molecular weight is 491 g/mol. The number of nitrogens with two attached hydrogens (primary N) is 1. The lowest BCUT2D eigenvalue weighted by Crippen LogP contribution is -2.41. The van der Waals surface area contributed by atoms with Crippen LogP contribution in [0.3, 0.4) is 0 Å². The molecule has 0 heterocycles. The predicted molar refractivity (Wildman–Crippen MR) is 132 cm³/mol. The number of halogens is 2. The number of primary amides is 1. The topological polar surface area (TPSA) is 92.9 Å². The van der Waals surface area contributed by atoms with Crippen LogP contribution in [0.1, 0.15) is 69.9 Å². The Balaban J connectivity index is 2.04. The van der Waals surface area contributed by atoms with Crippen LogP contribution in [-0.2, 0) is 11.2 Å². The number of carboxylic acid groups (broad SMARTS) is 1. The van der Waals surface area contributed by atoms with E-state index in [2.05, 4.69) is 0 Å². The van der Waals surface area contributed by atoms with E-state index in [0.717, 1.165) is 18.1 Å². The highest BCUT2D eigenvalue weighted by molar-refractivity contribution is 5.77. The van der Waals surface area contributed by atoms with E-state index in [-0.39, 0.29) is 12.3 Å². The summed E-state index contributed by atoms with van der Waals surface area (Å²) >= 11 is 0. The van der Waals surface area contributed by atoms with Crippen molar-refractivity contribution in [1.29, 1.82) is 0 Å². The minimum atomic E-state index is -1.36. The SMILES string of the molecule is CCCC(CCCN(CCc1ccccc1OC(C)(CC)C(=O)O)C(N)=O)c1cccc(F)c1F. The van der Waals surface area contributed by atoms with Crippen molar-refractivity contribution in [2.24, 2.45) is 5.73 Å². The van der Waals surface area contributed by atoms with Gasteiger partial charge in [-0.3, -0.25) is 0 Å². The monoisotopic (exact) mass is 490 g/mol. The van der Waals surface area contributed by atoms with E-state index in [4.69, 9.17) is 10.5 Å². The smallest absolute Gasteiger partial charge is 0.347 e. The van der Waals surface area contributed by atoms with Crippen molar-refractivity contribution in [3.63, 3.8) is 0 Å². The number of nitrogens with zero attached hydrogens (tertiary/aromatic N) is 1. The van der Waals surface area contributed by atoms with Crippen molar-refractivity contribution >= 4 is 12.0 Å². The van der Waals surface area contributed by atoms with Gasteiger partial charge < -0.3 is 20.5 Å². The minimum absolute atomic E-state index is 0.151. The molecule has 0 aromatic heterocycles. The van der Waals surface area contributed by atoms with Crippen LogP contribution in [0, 0.1) is 11.6 Å². The van der Waals surface area contributed by atoms with Gasteiger partial charge in [-0.2, -0.15) is 0 Å². The molecule has 0 aliphatic carbocycles. The van der Waals surface area contributed by atoms with E-state index < -0.39 is 29.2 Å². The van der Waals surface area contributed by atoms with Crippen LogP contribution in [0.5, 0.6) is 5.75 Å². The van der Waals surface area contributed by atoms with E-state index in [0.29, 0.717) is 50.1 Å². The zero-order chi connectivity index (χ0) is 26.0. The van der Waals surface area contributed by atoms with E-state index in [1.165, 1.54) is 17.9 Å². The van der Waals surface area contributed by atoms with E-state index in [9.17, 15) is 23.5 Å². The van der Waals surface area contributed by atoms with Gasteiger partial charge in [0.25, 0.3) is 0 Å². The Morgan fingerprint density at radius 3 is 2.43 bits per heavy atom. The molecule has 0 radical (unpaired) electrons. The third kappa shape index (κ3) is 7.67. The predicted octanol–water partition coefficient (Wildman–Crippen LogP) is 5.88. The molecule has 2 aromatic carbocycles. The molecule has 192 valence electrons. The quantitative estimate of drug-likeness (QED) is 0.346. The molecular weight excluding hydrogens is 454 g/mol. The fourth-order valence-electron chi connectivity index (χ4n) is 4.08. The number of ether oxygens (including phenoxy) is 1. The van der Waals surface area contributed by atoms with Crippen LogP contribution in [0.25, 0.3) is 0 Å². The number of hydrogen-bond acceptors (Lipinski definition) is 3. The molecule has 2 unspecified atom stereocenters. The van der Waals surface area contributed by atoms with Gasteiger partial charge in [0.15, 0.2) is 11.6 Å². The first-order valence-electron chi connectivity index (χ1n) is 12.1. The van der Waals surface area contributed by atoms with E-state index >= 15 is 0 Å². The van der Waals surface area contributed by atoms with Crippen molar-refractivity contribution in [2.75, 3.05) is 13.1 Å². The third-order valence-electron chi connectivity index (χ3n) is 6.44. The molecule has 0 spiro atoms. The number of rotatable bonds is 14. The third-order valence-corrected chi connectivity index (χ3v) is 6.44. The number of para-hydroxylation sites is 1. The molecule has 2 rings (SSSR count). The van der Waals surface area contributed by atoms with Gasteiger partial charge in [0.1, 0.15) is 5.75 Å². The van der Waals surface area contributed by atoms with Gasteiger partial charge in [-0.25, -0.2) is 18.4 Å². The first-order chi connectivity index (χ1) is 16.6. The number of carbonyl (C=O) groups is 2. The molecule has 2 amide bonds. The zero-order valence-electron chi connectivity index (χ0n) is 20.7. The van der Waals surface area contributed by atoms with Gasteiger partial charge >= 0.3 is 12.0 Å². The molecule has 6 nitrogen and oxygen atoms in total. The summed E-state index contributed by atoms with van der Waals surface area (Å²) in [5.74, 6) is -2.42. The van der Waals surface area contributed by atoms with Crippen molar-refractivity contribution in [3.05, 3.63) is 65.2 Å². The van der Waals surface area contributed by atoms with Gasteiger partial charge in [-0.05, 0) is 68.2 Å². The molecule has 0 aliphatic rings. The summed E-state index contributed by atoms with van der Waals surface area (Å²) < 4.78 is 33.9. The minimum Gasteiger partial charge on any atom is -0.478 e. The molecule has 3 N–H and O–H groups in total. The lowest BCUT2D eigenvalue weighted by atomic mass is 9.89. The van der Waals surface area contributed by atoms with Gasteiger partial charge in [0.2, 0.25) is 5.60 Å². The fraction of sp³-hybridized carbons (Fsp3) is 0.481. The van der Waals surface area contributed by atoms with Gasteiger partial charge in [-0.15, -0.1) is 0 Å². The van der Waals surface area contributed by atoms with Gasteiger partial charge in [-0.1, -0.05) is 50.6 Å².